The normalized spacial score (nSPS) is 29.4. The summed E-state index contributed by atoms with van der Waals surface area (Å²) in [5, 5.41) is 2.99. The Bertz CT molecular complexity index is 226. The average Bonchev–Trinajstić information content (AvgIpc) is 2.15. The molecule has 0 radical (unpaired) electrons. The molecular formula is C12H22N2O. The first-order valence-corrected chi connectivity index (χ1v) is 6.30. The fraction of sp³-hybridized carbons (Fsp3) is 0.917. The second-order valence-electron chi connectivity index (χ2n) is 4.97. The maximum Gasteiger partial charge on any atom is 0.223 e. The van der Waals surface area contributed by atoms with E-state index >= 15 is 0 Å². The van der Waals surface area contributed by atoms with Crippen LogP contribution in [0, 0.1) is 17.8 Å². The van der Waals surface area contributed by atoms with E-state index in [1.54, 1.807) is 0 Å². The van der Waals surface area contributed by atoms with E-state index in [4.69, 9.17) is 5.73 Å². The van der Waals surface area contributed by atoms with Gasteiger partial charge in [0.15, 0.2) is 0 Å². The summed E-state index contributed by atoms with van der Waals surface area (Å²) < 4.78 is 0. The molecule has 15 heavy (non-hydrogen) atoms. The fourth-order valence-corrected chi connectivity index (χ4v) is 3.03. The van der Waals surface area contributed by atoms with Crippen molar-refractivity contribution in [3.05, 3.63) is 0 Å². The van der Waals surface area contributed by atoms with Crippen LogP contribution in [-0.4, -0.2) is 19.0 Å². The van der Waals surface area contributed by atoms with Gasteiger partial charge in [-0.15, -0.1) is 0 Å². The van der Waals surface area contributed by atoms with Crippen LogP contribution < -0.4 is 11.1 Å². The number of hydrogen-bond acceptors (Lipinski definition) is 2. The topological polar surface area (TPSA) is 55.1 Å². The van der Waals surface area contributed by atoms with E-state index in [-0.39, 0.29) is 11.8 Å². The summed E-state index contributed by atoms with van der Waals surface area (Å²) in [6.07, 6.45) is 7.23. The van der Waals surface area contributed by atoms with Crippen molar-refractivity contribution < 1.29 is 4.79 Å². The minimum Gasteiger partial charge on any atom is -0.356 e. The van der Waals surface area contributed by atoms with Gasteiger partial charge in [0.2, 0.25) is 5.91 Å². The first-order chi connectivity index (χ1) is 7.33. The van der Waals surface area contributed by atoms with Crippen LogP contribution in [0.4, 0.5) is 0 Å². The van der Waals surface area contributed by atoms with Crippen molar-refractivity contribution in [2.24, 2.45) is 23.5 Å². The van der Waals surface area contributed by atoms with E-state index in [9.17, 15) is 4.79 Å². The number of hydrogen-bond donors (Lipinski definition) is 2. The molecule has 1 aliphatic carbocycles. The van der Waals surface area contributed by atoms with Crippen LogP contribution in [0.25, 0.3) is 0 Å². The summed E-state index contributed by atoms with van der Waals surface area (Å²) >= 11 is 0. The van der Waals surface area contributed by atoms with Gasteiger partial charge < -0.3 is 11.1 Å². The highest BCUT2D eigenvalue weighted by molar-refractivity contribution is 5.79. The molecule has 3 heteroatoms. The Balaban J connectivity index is 1.98. The number of carbonyl (C=O) groups is 1. The van der Waals surface area contributed by atoms with Crippen LogP contribution in [0.1, 0.15) is 38.5 Å². The first kappa shape index (κ1) is 10.9. The molecule has 0 bridgehead atoms. The minimum absolute atomic E-state index is 0.257. The van der Waals surface area contributed by atoms with E-state index in [1.165, 1.54) is 19.3 Å². The lowest BCUT2D eigenvalue weighted by Gasteiger charge is -2.39. The molecule has 2 aliphatic rings. The number of amides is 1. The number of carbonyl (C=O) groups excluding carboxylic acids is 1. The zero-order chi connectivity index (χ0) is 10.7. The van der Waals surface area contributed by atoms with Crippen molar-refractivity contribution in [2.75, 3.05) is 13.1 Å². The molecule has 1 aliphatic heterocycles. The zero-order valence-electron chi connectivity index (χ0n) is 9.37. The van der Waals surface area contributed by atoms with Crippen molar-refractivity contribution in [1.82, 2.24) is 5.32 Å². The fourth-order valence-electron chi connectivity index (χ4n) is 3.03. The molecule has 0 spiro atoms. The number of nitrogens with two attached hydrogens (primary N) is 1. The van der Waals surface area contributed by atoms with Crippen molar-refractivity contribution >= 4 is 5.91 Å². The second kappa shape index (κ2) is 4.97. The SMILES string of the molecule is NCCC(C1CCC1)C1CCCNC1=O. The third-order valence-corrected chi connectivity index (χ3v) is 4.10. The predicted molar refractivity (Wildman–Crippen MR) is 60.2 cm³/mol. The van der Waals surface area contributed by atoms with E-state index in [1.807, 2.05) is 0 Å². The molecule has 0 aromatic rings. The van der Waals surface area contributed by atoms with E-state index in [2.05, 4.69) is 5.32 Å². The first-order valence-electron chi connectivity index (χ1n) is 6.30. The molecule has 2 fully saturated rings. The highest BCUT2D eigenvalue weighted by Gasteiger charge is 2.37. The van der Waals surface area contributed by atoms with Crippen LogP contribution in [0.2, 0.25) is 0 Å². The van der Waals surface area contributed by atoms with Crippen molar-refractivity contribution in [2.45, 2.75) is 38.5 Å². The Morgan fingerprint density at radius 1 is 1.33 bits per heavy atom. The third kappa shape index (κ3) is 2.33. The summed E-state index contributed by atoms with van der Waals surface area (Å²) in [4.78, 5) is 11.8. The molecule has 86 valence electrons. The molecule has 2 unspecified atom stereocenters. The smallest absolute Gasteiger partial charge is 0.223 e. The summed E-state index contributed by atoms with van der Waals surface area (Å²) in [6, 6.07) is 0. The van der Waals surface area contributed by atoms with Gasteiger partial charge in [-0.1, -0.05) is 19.3 Å². The van der Waals surface area contributed by atoms with Gasteiger partial charge in [0, 0.05) is 12.5 Å². The van der Waals surface area contributed by atoms with Crippen LogP contribution in [-0.2, 0) is 4.79 Å². The summed E-state index contributed by atoms with van der Waals surface area (Å²) in [5.41, 5.74) is 5.67. The lowest BCUT2D eigenvalue weighted by molar-refractivity contribution is -0.130. The Labute approximate surface area is 91.8 Å². The van der Waals surface area contributed by atoms with Crippen molar-refractivity contribution in [3.63, 3.8) is 0 Å². The van der Waals surface area contributed by atoms with Gasteiger partial charge in [0.1, 0.15) is 0 Å². The lowest BCUT2D eigenvalue weighted by atomic mass is 9.67. The molecule has 3 N–H and O–H groups in total. The molecule has 2 rings (SSSR count). The number of nitrogens with one attached hydrogen (secondary N) is 1. The largest absolute Gasteiger partial charge is 0.356 e. The molecule has 1 amide bonds. The van der Waals surface area contributed by atoms with Gasteiger partial charge in [-0.2, -0.15) is 0 Å². The van der Waals surface area contributed by atoms with E-state index in [0.717, 1.165) is 38.3 Å². The highest BCUT2D eigenvalue weighted by atomic mass is 16.1. The van der Waals surface area contributed by atoms with Gasteiger partial charge in [-0.05, 0) is 37.6 Å². The third-order valence-electron chi connectivity index (χ3n) is 4.10. The lowest BCUT2D eigenvalue weighted by Crippen LogP contribution is -2.43. The van der Waals surface area contributed by atoms with Gasteiger partial charge in [-0.25, -0.2) is 0 Å². The maximum atomic E-state index is 11.8. The molecule has 0 aromatic carbocycles. The Hall–Kier alpha value is -0.570. The van der Waals surface area contributed by atoms with Crippen LogP contribution in [0.15, 0.2) is 0 Å². The number of rotatable bonds is 4. The molecular weight excluding hydrogens is 188 g/mol. The quantitative estimate of drug-likeness (QED) is 0.734. The van der Waals surface area contributed by atoms with Gasteiger partial charge in [0.25, 0.3) is 0 Å². The summed E-state index contributed by atoms with van der Waals surface area (Å²) in [7, 11) is 0. The molecule has 2 atom stereocenters. The van der Waals surface area contributed by atoms with Crippen LogP contribution in [0.3, 0.4) is 0 Å². The van der Waals surface area contributed by atoms with E-state index in [0.29, 0.717) is 5.92 Å². The van der Waals surface area contributed by atoms with Crippen molar-refractivity contribution in [1.29, 1.82) is 0 Å². The standard InChI is InChI=1S/C12H22N2O/c13-7-6-10(9-3-1-4-9)11-5-2-8-14-12(11)15/h9-11H,1-8,13H2,(H,14,15). The van der Waals surface area contributed by atoms with Crippen LogP contribution in [0.5, 0.6) is 0 Å². The molecule has 1 saturated heterocycles. The second-order valence-corrected chi connectivity index (χ2v) is 4.97. The Kier molecular flexibility index (Phi) is 3.62. The monoisotopic (exact) mass is 210 g/mol. The molecule has 1 saturated carbocycles. The van der Waals surface area contributed by atoms with Crippen molar-refractivity contribution in [3.8, 4) is 0 Å². The highest BCUT2D eigenvalue weighted by Crippen LogP contribution is 2.40. The Morgan fingerprint density at radius 3 is 2.67 bits per heavy atom. The Morgan fingerprint density at radius 2 is 2.13 bits per heavy atom. The minimum atomic E-state index is 0.257. The molecule has 0 aromatic heterocycles. The average molecular weight is 210 g/mol. The maximum absolute atomic E-state index is 11.8. The summed E-state index contributed by atoms with van der Waals surface area (Å²) in [6.45, 7) is 1.60. The van der Waals surface area contributed by atoms with E-state index < -0.39 is 0 Å². The van der Waals surface area contributed by atoms with Gasteiger partial charge in [0.05, 0.1) is 0 Å². The predicted octanol–water partition coefficient (Wildman–Crippen LogP) is 1.28. The molecule has 3 nitrogen and oxygen atoms in total. The number of piperidine rings is 1. The summed E-state index contributed by atoms with van der Waals surface area (Å²) in [5.74, 6) is 1.88. The van der Waals surface area contributed by atoms with Gasteiger partial charge in [-0.3, -0.25) is 4.79 Å². The molecule has 1 heterocycles. The van der Waals surface area contributed by atoms with Gasteiger partial charge >= 0.3 is 0 Å². The van der Waals surface area contributed by atoms with Crippen LogP contribution >= 0.6 is 0 Å². The zero-order valence-corrected chi connectivity index (χ0v) is 9.37.